The van der Waals surface area contributed by atoms with Gasteiger partial charge >= 0.3 is 6.18 Å². The Labute approximate surface area is 195 Å². The van der Waals surface area contributed by atoms with E-state index in [-0.39, 0.29) is 35.1 Å². The maximum atomic E-state index is 13.2. The molecule has 0 unspecified atom stereocenters. The van der Waals surface area contributed by atoms with Gasteiger partial charge in [0.2, 0.25) is 5.91 Å². The molecule has 0 atom stereocenters. The normalized spacial score (nSPS) is 16.6. The first-order valence-electron chi connectivity index (χ1n) is 11.0. The Morgan fingerprint density at radius 1 is 1.09 bits per heavy atom. The molecule has 0 spiro atoms. The SMILES string of the molecule is C=CCNC(=O)C1CCN(c2cccc3c2C(=O)N(Cc2cccc(C(F)(F)F)c2)C3=O)CC1. The van der Waals surface area contributed by atoms with Crippen LogP contribution in [0.4, 0.5) is 18.9 Å². The lowest BCUT2D eigenvalue weighted by atomic mass is 9.94. The fourth-order valence-corrected chi connectivity index (χ4v) is 4.45. The maximum Gasteiger partial charge on any atom is 0.416 e. The first-order valence-corrected chi connectivity index (χ1v) is 11.0. The van der Waals surface area contributed by atoms with E-state index in [4.69, 9.17) is 0 Å². The van der Waals surface area contributed by atoms with Crippen molar-refractivity contribution in [3.8, 4) is 0 Å². The summed E-state index contributed by atoms with van der Waals surface area (Å²) in [6, 6.07) is 9.63. The average Bonchev–Trinajstić information content (AvgIpc) is 3.07. The molecule has 0 saturated carbocycles. The molecule has 3 amide bonds. The third kappa shape index (κ3) is 4.55. The minimum atomic E-state index is -4.51. The van der Waals surface area contributed by atoms with E-state index in [1.54, 1.807) is 24.3 Å². The number of imide groups is 1. The Morgan fingerprint density at radius 2 is 1.79 bits per heavy atom. The van der Waals surface area contributed by atoms with Crippen LogP contribution in [0.2, 0.25) is 0 Å². The van der Waals surface area contributed by atoms with Gasteiger partial charge in [-0.3, -0.25) is 19.3 Å². The monoisotopic (exact) mass is 471 g/mol. The van der Waals surface area contributed by atoms with Crippen molar-refractivity contribution in [2.45, 2.75) is 25.6 Å². The van der Waals surface area contributed by atoms with E-state index in [2.05, 4.69) is 11.9 Å². The lowest BCUT2D eigenvalue weighted by molar-refractivity contribution is -0.137. The molecule has 2 aromatic carbocycles. The fraction of sp³-hybridized carbons (Fsp3) is 0.320. The van der Waals surface area contributed by atoms with Crippen molar-refractivity contribution in [2.75, 3.05) is 24.5 Å². The van der Waals surface area contributed by atoms with Crippen molar-refractivity contribution in [1.29, 1.82) is 0 Å². The molecule has 2 heterocycles. The van der Waals surface area contributed by atoms with Gasteiger partial charge in [0.25, 0.3) is 11.8 Å². The van der Waals surface area contributed by atoms with Crippen molar-refractivity contribution in [1.82, 2.24) is 10.2 Å². The Hall–Kier alpha value is -3.62. The molecular weight excluding hydrogens is 447 g/mol. The fourth-order valence-electron chi connectivity index (χ4n) is 4.45. The second kappa shape index (κ2) is 9.32. The highest BCUT2D eigenvalue weighted by atomic mass is 19.4. The number of benzene rings is 2. The molecule has 2 aliphatic heterocycles. The van der Waals surface area contributed by atoms with Crippen LogP contribution >= 0.6 is 0 Å². The summed E-state index contributed by atoms with van der Waals surface area (Å²) in [6.07, 6.45) is -1.70. The highest BCUT2D eigenvalue weighted by molar-refractivity contribution is 6.23. The molecule has 0 radical (unpaired) electrons. The smallest absolute Gasteiger partial charge is 0.371 e. The number of amides is 3. The van der Waals surface area contributed by atoms with Gasteiger partial charge in [-0.25, -0.2) is 0 Å². The number of alkyl halides is 3. The zero-order chi connectivity index (χ0) is 24.5. The molecule has 1 saturated heterocycles. The molecule has 6 nitrogen and oxygen atoms in total. The summed E-state index contributed by atoms with van der Waals surface area (Å²) < 4.78 is 39.2. The molecule has 1 N–H and O–H groups in total. The van der Waals surface area contributed by atoms with Crippen molar-refractivity contribution < 1.29 is 27.6 Å². The molecule has 2 aliphatic rings. The molecule has 0 aromatic heterocycles. The van der Waals surface area contributed by atoms with E-state index >= 15 is 0 Å². The zero-order valence-electron chi connectivity index (χ0n) is 18.4. The van der Waals surface area contributed by atoms with Gasteiger partial charge in [-0.15, -0.1) is 6.58 Å². The van der Waals surface area contributed by atoms with Crippen molar-refractivity contribution in [3.05, 3.63) is 77.4 Å². The first kappa shape index (κ1) is 23.5. The van der Waals surface area contributed by atoms with E-state index in [1.165, 1.54) is 12.1 Å². The second-order valence-corrected chi connectivity index (χ2v) is 8.39. The van der Waals surface area contributed by atoms with Crippen LogP contribution in [-0.4, -0.2) is 42.3 Å². The van der Waals surface area contributed by atoms with Crippen LogP contribution in [0.25, 0.3) is 0 Å². The summed E-state index contributed by atoms with van der Waals surface area (Å²) in [6.45, 7) is 4.82. The minimum Gasteiger partial charge on any atom is -0.371 e. The summed E-state index contributed by atoms with van der Waals surface area (Å²) in [5.74, 6) is -1.23. The van der Waals surface area contributed by atoms with Gasteiger partial charge in [-0.1, -0.05) is 24.3 Å². The summed E-state index contributed by atoms with van der Waals surface area (Å²) in [5.41, 5.74) is 0.487. The highest BCUT2D eigenvalue weighted by Crippen LogP contribution is 2.35. The number of piperidine rings is 1. The summed E-state index contributed by atoms with van der Waals surface area (Å²) in [4.78, 5) is 41.4. The Morgan fingerprint density at radius 3 is 2.47 bits per heavy atom. The quantitative estimate of drug-likeness (QED) is 0.511. The third-order valence-electron chi connectivity index (χ3n) is 6.20. The van der Waals surface area contributed by atoms with E-state index in [0.29, 0.717) is 38.2 Å². The molecule has 0 bridgehead atoms. The van der Waals surface area contributed by atoms with Crippen LogP contribution < -0.4 is 10.2 Å². The predicted molar refractivity (Wildman–Crippen MR) is 120 cm³/mol. The van der Waals surface area contributed by atoms with Gasteiger partial charge in [0, 0.05) is 25.6 Å². The Balaban J connectivity index is 1.52. The Kier molecular flexibility index (Phi) is 6.45. The molecule has 178 valence electrons. The van der Waals surface area contributed by atoms with Gasteiger partial charge in [0.05, 0.1) is 28.9 Å². The lowest BCUT2D eigenvalue weighted by Crippen LogP contribution is -2.41. The molecule has 34 heavy (non-hydrogen) atoms. The van der Waals surface area contributed by atoms with Crippen LogP contribution in [0, 0.1) is 5.92 Å². The standard InChI is InChI=1S/C25H24F3N3O3/c1-2-11-29-22(32)17-9-12-30(13-10-17)20-8-4-7-19-21(20)24(34)31(23(19)33)15-16-5-3-6-18(14-16)25(26,27)28/h2-8,14,17H,1,9-13,15H2,(H,29,32). The Bertz CT molecular complexity index is 1140. The molecular formula is C25H24F3N3O3. The van der Waals surface area contributed by atoms with Gasteiger partial charge in [0.15, 0.2) is 0 Å². The van der Waals surface area contributed by atoms with Crippen molar-refractivity contribution in [3.63, 3.8) is 0 Å². The highest BCUT2D eigenvalue weighted by Gasteiger charge is 2.39. The zero-order valence-corrected chi connectivity index (χ0v) is 18.4. The van der Waals surface area contributed by atoms with Gasteiger partial charge in [-0.2, -0.15) is 13.2 Å². The number of carbonyl (C=O) groups excluding carboxylic acids is 3. The topological polar surface area (TPSA) is 69.7 Å². The van der Waals surface area contributed by atoms with Crippen LogP contribution in [0.5, 0.6) is 0 Å². The molecule has 2 aromatic rings. The van der Waals surface area contributed by atoms with Crippen LogP contribution in [0.1, 0.15) is 44.7 Å². The van der Waals surface area contributed by atoms with Crippen molar-refractivity contribution in [2.24, 2.45) is 5.92 Å². The summed E-state index contributed by atoms with van der Waals surface area (Å²) in [7, 11) is 0. The lowest BCUT2D eigenvalue weighted by Gasteiger charge is -2.33. The number of anilines is 1. The number of rotatable bonds is 6. The number of hydrogen-bond acceptors (Lipinski definition) is 4. The molecule has 1 fully saturated rings. The number of halogens is 3. The van der Waals surface area contributed by atoms with E-state index < -0.39 is 23.6 Å². The van der Waals surface area contributed by atoms with Crippen LogP contribution in [0.15, 0.2) is 55.1 Å². The van der Waals surface area contributed by atoms with Gasteiger partial charge in [0.1, 0.15) is 0 Å². The summed E-state index contributed by atoms with van der Waals surface area (Å²) in [5, 5.41) is 2.80. The molecule has 9 heteroatoms. The largest absolute Gasteiger partial charge is 0.416 e. The predicted octanol–water partition coefficient (Wildman–Crippen LogP) is 4.02. The first-order chi connectivity index (χ1) is 16.2. The van der Waals surface area contributed by atoms with Crippen LogP contribution in [0.3, 0.4) is 0 Å². The summed E-state index contributed by atoms with van der Waals surface area (Å²) >= 11 is 0. The van der Waals surface area contributed by atoms with Gasteiger partial charge in [-0.05, 0) is 42.7 Å². The van der Waals surface area contributed by atoms with E-state index in [1.807, 2.05) is 4.90 Å². The molecule has 4 rings (SSSR count). The van der Waals surface area contributed by atoms with Crippen LogP contribution in [-0.2, 0) is 17.5 Å². The van der Waals surface area contributed by atoms with Crippen molar-refractivity contribution >= 4 is 23.4 Å². The van der Waals surface area contributed by atoms with Gasteiger partial charge < -0.3 is 10.2 Å². The van der Waals surface area contributed by atoms with E-state index in [0.717, 1.165) is 17.0 Å². The number of hydrogen-bond donors (Lipinski definition) is 1. The third-order valence-corrected chi connectivity index (χ3v) is 6.20. The second-order valence-electron chi connectivity index (χ2n) is 8.39. The number of nitrogens with one attached hydrogen (secondary N) is 1. The average molecular weight is 471 g/mol. The maximum absolute atomic E-state index is 13.2. The number of fused-ring (bicyclic) bond motifs is 1. The number of nitrogens with zero attached hydrogens (tertiary/aromatic N) is 2. The van der Waals surface area contributed by atoms with E-state index in [9.17, 15) is 27.6 Å². The minimum absolute atomic E-state index is 0.0312. The molecule has 0 aliphatic carbocycles. The number of carbonyl (C=O) groups is 3.